The van der Waals surface area contributed by atoms with E-state index in [0.717, 1.165) is 28.8 Å². The molecule has 7 nitrogen and oxygen atoms in total. The number of rotatable bonds is 9. The number of aromatic nitrogens is 1. The molecule has 0 saturated carbocycles. The third-order valence-electron chi connectivity index (χ3n) is 5.36. The summed E-state index contributed by atoms with van der Waals surface area (Å²) < 4.78 is 80.3. The van der Waals surface area contributed by atoms with Crippen LogP contribution in [0.1, 0.15) is 36.2 Å². The number of hydrogen-bond donors (Lipinski definition) is 2. The molecular weight excluding hydrogens is 536 g/mol. The van der Waals surface area contributed by atoms with Crippen molar-refractivity contribution in [3.05, 3.63) is 88.9 Å². The van der Waals surface area contributed by atoms with Gasteiger partial charge in [0.15, 0.2) is 0 Å². The van der Waals surface area contributed by atoms with Gasteiger partial charge in [-0.25, -0.2) is 22.1 Å². The Bertz CT molecular complexity index is 1450. The Labute approximate surface area is 224 Å². The summed E-state index contributed by atoms with van der Waals surface area (Å²) in [6.07, 6.45) is -1.18. The molecular formula is C27H28F4N4O3S. The van der Waals surface area contributed by atoms with Gasteiger partial charge in [-0.3, -0.25) is 4.79 Å². The molecule has 1 aromatic heterocycles. The predicted octanol–water partition coefficient (Wildman–Crippen LogP) is 5.80. The number of amides is 1. The van der Waals surface area contributed by atoms with Crippen molar-refractivity contribution in [1.29, 1.82) is 0 Å². The van der Waals surface area contributed by atoms with Gasteiger partial charge in [0.2, 0.25) is 15.9 Å². The number of halogens is 4. The third kappa shape index (κ3) is 7.79. The molecule has 0 unspecified atom stereocenters. The minimum Gasteiger partial charge on any atom is -0.367 e. The second-order valence-electron chi connectivity index (χ2n) is 9.09. The van der Waals surface area contributed by atoms with Crippen molar-refractivity contribution < 1.29 is 30.8 Å². The van der Waals surface area contributed by atoms with Crippen molar-refractivity contribution in [2.45, 2.75) is 39.5 Å². The SMILES string of the molecule is Cc1cc(CNC(=O)/C=C\c2ccc(C(F)(F)F)nc2NC(C)C)cc(F)c1N(c1ccccc1)S(C)(=O)=O. The fraction of sp³-hybridized carbons (Fsp3) is 0.259. The Kier molecular flexibility index (Phi) is 9.00. The van der Waals surface area contributed by atoms with Crippen LogP contribution in [-0.2, 0) is 27.5 Å². The van der Waals surface area contributed by atoms with Crippen LogP contribution >= 0.6 is 0 Å². The molecule has 3 rings (SSSR count). The van der Waals surface area contributed by atoms with Crippen LogP contribution in [0.3, 0.4) is 0 Å². The maximum absolute atomic E-state index is 15.2. The number of aryl methyl sites for hydroxylation is 1. The minimum atomic E-state index is -4.62. The van der Waals surface area contributed by atoms with E-state index in [9.17, 15) is 26.4 Å². The van der Waals surface area contributed by atoms with E-state index in [0.29, 0.717) is 11.1 Å². The van der Waals surface area contributed by atoms with E-state index < -0.39 is 33.6 Å². The number of hydrogen-bond acceptors (Lipinski definition) is 5. The number of pyridine rings is 1. The van der Waals surface area contributed by atoms with Gasteiger partial charge < -0.3 is 10.6 Å². The first-order chi connectivity index (χ1) is 18.2. The smallest absolute Gasteiger partial charge is 0.367 e. The number of alkyl halides is 3. The lowest BCUT2D eigenvalue weighted by atomic mass is 10.1. The van der Waals surface area contributed by atoms with E-state index in [1.54, 1.807) is 57.2 Å². The highest BCUT2D eigenvalue weighted by atomic mass is 32.2. The number of nitrogens with one attached hydrogen (secondary N) is 2. The average Bonchev–Trinajstić information content (AvgIpc) is 2.83. The highest BCUT2D eigenvalue weighted by Gasteiger charge is 2.33. The number of sulfonamides is 1. The quantitative estimate of drug-likeness (QED) is 0.253. The normalized spacial score (nSPS) is 12.1. The summed E-state index contributed by atoms with van der Waals surface area (Å²) in [6, 6.07) is 12.6. The third-order valence-corrected chi connectivity index (χ3v) is 6.42. The van der Waals surface area contributed by atoms with Gasteiger partial charge in [0.05, 0.1) is 17.6 Å². The second kappa shape index (κ2) is 11.9. The Hall–Kier alpha value is -3.93. The van der Waals surface area contributed by atoms with Crippen LogP contribution < -0.4 is 14.9 Å². The van der Waals surface area contributed by atoms with Crippen LogP contribution in [0.25, 0.3) is 6.08 Å². The first-order valence-corrected chi connectivity index (χ1v) is 13.7. The van der Waals surface area contributed by atoms with Gasteiger partial charge >= 0.3 is 6.18 Å². The lowest BCUT2D eigenvalue weighted by Gasteiger charge is -2.25. The predicted molar refractivity (Wildman–Crippen MR) is 143 cm³/mol. The summed E-state index contributed by atoms with van der Waals surface area (Å²) in [5, 5.41) is 5.42. The topological polar surface area (TPSA) is 91.4 Å². The Balaban J connectivity index is 1.78. The van der Waals surface area contributed by atoms with E-state index in [1.807, 2.05) is 0 Å². The molecule has 3 aromatic rings. The summed E-state index contributed by atoms with van der Waals surface area (Å²) in [6.45, 7) is 4.96. The number of carbonyl (C=O) groups is 1. The molecule has 0 aliphatic carbocycles. The molecule has 39 heavy (non-hydrogen) atoms. The zero-order valence-electron chi connectivity index (χ0n) is 21.7. The monoisotopic (exact) mass is 564 g/mol. The first-order valence-electron chi connectivity index (χ1n) is 11.8. The minimum absolute atomic E-state index is 0.0222. The van der Waals surface area contributed by atoms with Crippen LogP contribution in [0.5, 0.6) is 0 Å². The van der Waals surface area contributed by atoms with Gasteiger partial charge in [-0.05, 0) is 68.3 Å². The van der Waals surface area contributed by atoms with Crippen LogP contribution in [-0.4, -0.2) is 31.6 Å². The molecule has 0 aliphatic heterocycles. The number of benzene rings is 2. The van der Waals surface area contributed by atoms with Gasteiger partial charge in [0.25, 0.3) is 0 Å². The fourth-order valence-corrected chi connectivity index (χ4v) is 4.85. The largest absolute Gasteiger partial charge is 0.433 e. The van der Waals surface area contributed by atoms with Crippen molar-refractivity contribution in [1.82, 2.24) is 10.3 Å². The molecule has 208 valence electrons. The lowest BCUT2D eigenvalue weighted by molar-refractivity contribution is -0.141. The van der Waals surface area contributed by atoms with E-state index >= 15 is 4.39 Å². The molecule has 0 radical (unpaired) electrons. The zero-order chi connectivity index (χ0) is 29.0. The van der Waals surface area contributed by atoms with Crippen molar-refractivity contribution in [3.63, 3.8) is 0 Å². The molecule has 1 amide bonds. The molecule has 0 saturated heterocycles. The van der Waals surface area contributed by atoms with Crippen LogP contribution in [0.4, 0.5) is 34.8 Å². The standard InChI is InChI=1S/C27H28F4N4O3S/c1-17(2)33-26-20(10-12-23(34-26)27(29,30)31)11-13-24(36)32-16-19-14-18(3)25(22(28)15-19)35(39(4,37)38)21-8-6-5-7-9-21/h5-15,17H,16H2,1-4H3,(H,32,36)(H,33,34)/b13-11-. The van der Waals surface area contributed by atoms with Gasteiger partial charge in [0.1, 0.15) is 17.3 Å². The average molecular weight is 565 g/mol. The summed E-state index contributed by atoms with van der Waals surface area (Å²) >= 11 is 0. The van der Waals surface area contributed by atoms with Gasteiger partial charge in [0, 0.05) is 24.2 Å². The number of carbonyl (C=O) groups excluding carboxylic acids is 1. The fourth-order valence-electron chi connectivity index (χ4n) is 3.78. The van der Waals surface area contributed by atoms with Gasteiger partial charge in [-0.15, -0.1) is 0 Å². The number of nitrogens with zero attached hydrogens (tertiary/aromatic N) is 2. The molecule has 0 fully saturated rings. The highest BCUT2D eigenvalue weighted by molar-refractivity contribution is 7.92. The molecule has 2 aromatic carbocycles. The van der Waals surface area contributed by atoms with Crippen molar-refractivity contribution >= 4 is 39.2 Å². The van der Waals surface area contributed by atoms with E-state index in [2.05, 4.69) is 15.6 Å². The maximum Gasteiger partial charge on any atom is 0.433 e. The molecule has 0 spiro atoms. The second-order valence-corrected chi connectivity index (χ2v) is 10.9. The number of para-hydroxylation sites is 1. The summed E-state index contributed by atoms with van der Waals surface area (Å²) in [5.74, 6) is -1.38. The Morgan fingerprint density at radius 2 is 1.77 bits per heavy atom. The van der Waals surface area contributed by atoms with Crippen molar-refractivity contribution in [2.75, 3.05) is 15.9 Å². The van der Waals surface area contributed by atoms with Gasteiger partial charge in [-0.2, -0.15) is 13.2 Å². The summed E-state index contributed by atoms with van der Waals surface area (Å²) in [4.78, 5) is 16.0. The van der Waals surface area contributed by atoms with E-state index in [4.69, 9.17) is 0 Å². The van der Waals surface area contributed by atoms with E-state index in [1.165, 1.54) is 12.1 Å². The molecule has 1 heterocycles. The maximum atomic E-state index is 15.2. The zero-order valence-corrected chi connectivity index (χ0v) is 22.5. The van der Waals surface area contributed by atoms with Crippen molar-refractivity contribution in [3.8, 4) is 0 Å². The Morgan fingerprint density at radius 3 is 2.33 bits per heavy atom. The van der Waals surface area contributed by atoms with E-state index in [-0.39, 0.29) is 35.3 Å². The molecule has 0 bridgehead atoms. The number of anilines is 3. The Morgan fingerprint density at radius 1 is 1.10 bits per heavy atom. The molecule has 2 N–H and O–H groups in total. The van der Waals surface area contributed by atoms with Gasteiger partial charge in [-0.1, -0.05) is 24.3 Å². The molecule has 12 heteroatoms. The van der Waals surface area contributed by atoms with Crippen LogP contribution in [0.15, 0.2) is 60.7 Å². The molecule has 0 atom stereocenters. The van der Waals surface area contributed by atoms with Crippen LogP contribution in [0, 0.1) is 12.7 Å². The summed E-state index contributed by atoms with van der Waals surface area (Å²) in [5.41, 5.74) is 0.0882. The highest BCUT2D eigenvalue weighted by Crippen LogP contribution is 2.34. The first kappa shape index (κ1) is 29.6. The lowest BCUT2D eigenvalue weighted by Crippen LogP contribution is -2.27. The molecule has 0 aliphatic rings. The van der Waals surface area contributed by atoms with Crippen molar-refractivity contribution in [2.24, 2.45) is 0 Å². The summed E-state index contributed by atoms with van der Waals surface area (Å²) in [7, 11) is -3.87. The van der Waals surface area contributed by atoms with Crippen LogP contribution in [0.2, 0.25) is 0 Å².